The van der Waals surface area contributed by atoms with Crippen molar-refractivity contribution in [2.45, 2.75) is 6.92 Å². The Morgan fingerprint density at radius 3 is 2.80 bits per heavy atom. The molecule has 1 saturated heterocycles. The molecule has 0 aliphatic carbocycles. The molecule has 1 fully saturated rings. The maximum atomic E-state index is 11.8. The third-order valence-electron chi connectivity index (χ3n) is 2.68. The molecular weight excluding hydrogens is 276 g/mol. The molecule has 6 heteroatoms. The molecule has 106 valence electrons. The summed E-state index contributed by atoms with van der Waals surface area (Å²) >= 11 is 1.33. The number of nitrogens with one attached hydrogen (secondary N) is 1. The van der Waals surface area contributed by atoms with Crippen LogP contribution in [0.25, 0.3) is 6.08 Å². The van der Waals surface area contributed by atoms with Crippen LogP contribution in [0.4, 0.5) is 0 Å². The second kappa shape index (κ2) is 6.47. The zero-order valence-electron chi connectivity index (χ0n) is 11.6. The van der Waals surface area contributed by atoms with Crippen molar-refractivity contribution in [3.05, 3.63) is 28.7 Å². The Hall–Kier alpha value is -1.95. The summed E-state index contributed by atoms with van der Waals surface area (Å²) in [6.45, 7) is 2.57. The van der Waals surface area contributed by atoms with E-state index in [1.54, 1.807) is 26.4 Å². The van der Waals surface area contributed by atoms with Gasteiger partial charge in [-0.25, -0.2) is 0 Å². The van der Waals surface area contributed by atoms with E-state index in [0.29, 0.717) is 28.1 Å². The van der Waals surface area contributed by atoms with Crippen LogP contribution in [0, 0.1) is 0 Å². The number of hydrogen-bond donors (Lipinski definition) is 1. The molecule has 0 spiro atoms. The summed E-state index contributed by atoms with van der Waals surface area (Å²) in [5, 5.41) is 3.36. The Bertz CT molecular complexity index is 582. The largest absolute Gasteiger partial charge is 0.497 e. The number of hydrogen-bond acceptors (Lipinski definition) is 5. The van der Waals surface area contributed by atoms with Crippen LogP contribution in [0.3, 0.4) is 0 Å². The van der Waals surface area contributed by atoms with E-state index in [1.807, 2.05) is 19.1 Å². The zero-order chi connectivity index (χ0) is 14.5. The predicted octanol–water partition coefficient (Wildman–Crippen LogP) is 2.28. The van der Waals surface area contributed by atoms with Crippen LogP contribution >= 0.6 is 11.8 Å². The summed E-state index contributed by atoms with van der Waals surface area (Å²) in [5.74, 6) is 1.23. The maximum absolute atomic E-state index is 11.8. The fourth-order valence-corrected chi connectivity index (χ4v) is 2.60. The van der Waals surface area contributed by atoms with Crippen LogP contribution in [-0.4, -0.2) is 31.8 Å². The number of carbonyl (C=O) groups excluding carboxylic acids is 1. The molecule has 1 N–H and O–H groups in total. The number of amides is 1. The van der Waals surface area contributed by atoms with Crippen LogP contribution in [-0.2, 0) is 4.79 Å². The van der Waals surface area contributed by atoms with Gasteiger partial charge >= 0.3 is 0 Å². The highest BCUT2D eigenvalue weighted by atomic mass is 32.2. The highest BCUT2D eigenvalue weighted by Crippen LogP contribution is 2.31. The van der Waals surface area contributed by atoms with E-state index < -0.39 is 0 Å². The number of methoxy groups -OCH3 is 2. The molecule has 1 aromatic carbocycles. The van der Waals surface area contributed by atoms with Gasteiger partial charge in [0.2, 0.25) is 0 Å². The van der Waals surface area contributed by atoms with Crippen molar-refractivity contribution in [1.29, 1.82) is 0 Å². The quantitative estimate of drug-likeness (QED) is 0.865. The van der Waals surface area contributed by atoms with Crippen molar-refractivity contribution in [2.24, 2.45) is 4.99 Å². The van der Waals surface area contributed by atoms with Gasteiger partial charge in [-0.3, -0.25) is 9.79 Å². The average molecular weight is 292 g/mol. The van der Waals surface area contributed by atoms with E-state index in [-0.39, 0.29) is 5.91 Å². The number of nitrogens with zero attached hydrogens (tertiary/aromatic N) is 1. The van der Waals surface area contributed by atoms with Crippen LogP contribution in [0.15, 0.2) is 28.1 Å². The van der Waals surface area contributed by atoms with Crippen LogP contribution in [0.2, 0.25) is 0 Å². The van der Waals surface area contributed by atoms with Crippen molar-refractivity contribution in [3.63, 3.8) is 0 Å². The van der Waals surface area contributed by atoms with Crippen LogP contribution in [0.1, 0.15) is 12.5 Å². The minimum atomic E-state index is -0.139. The van der Waals surface area contributed by atoms with E-state index in [9.17, 15) is 4.79 Å². The molecule has 1 aliphatic rings. The normalized spacial score (nSPS) is 18.4. The Morgan fingerprint density at radius 2 is 2.15 bits per heavy atom. The second-order valence-corrected chi connectivity index (χ2v) is 4.98. The first-order chi connectivity index (χ1) is 9.67. The number of aliphatic imine (C=N–C) groups is 1. The molecule has 1 amide bonds. The van der Waals surface area contributed by atoms with Gasteiger partial charge in [-0.2, -0.15) is 0 Å². The molecule has 0 unspecified atom stereocenters. The van der Waals surface area contributed by atoms with Gasteiger partial charge in [-0.05, 0) is 36.9 Å². The topological polar surface area (TPSA) is 59.9 Å². The number of ether oxygens (including phenoxy) is 2. The van der Waals surface area contributed by atoms with E-state index in [4.69, 9.17) is 9.47 Å². The van der Waals surface area contributed by atoms with E-state index >= 15 is 0 Å². The number of amidine groups is 1. The highest BCUT2D eigenvalue weighted by molar-refractivity contribution is 8.18. The van der Waals surface area contributed by atoms with E-state index in [2.05, 4.69) is 10.3 Å². The van der Waals surface area contributed by atoms with E-state index in [1.165, 1.54) is 11.8 Å². The van der Waals surface area contributed by atoms with E-state index in [0.717, 1.165) is 5.56 Å². The summed E-state index contributed by atoms with van der Waals surface area (Å²) in [7, 11) is 3.18. The van der Waals surface area contributed by atoms with Gasteiger partial charge in [0.25, 0.3) is 5.91 Å². The Balaban J connectivity index is 2.31. The van der Waals surface area contributed by atoms with Crippen molar-refractivity contribution < 1.29 is 14.3 Å². The molecule has 0 saturated carbocycles. The third kappa shape index (κ3) is 3.14. The molecule has 2 rings (SSSR count). The van der Waals surface area contributed by atoms with Gasteiger partial charge in [0.15, 0.2) is 5.17 Å². The number of thioether (sulfide) groups is 1. The maximum Gasteiger partial charge on any atom is 0.264 e. The lowest BCUT2D eigenvalue weighted by molar-refractivity contribution is -0.115. The first-order valence-electron chi connectivity index (χ1n) is 6.15. The molecule has 0 atom stereocenters. The first-order valence-corrected chi connectivity index (χ1v) is 6.97. The molecule has 1 heterocycles. The average Bonchev–Trinajstić information content (AvgIpc) is 2.79. The van der Waals surface area contributed by atoms with Crippen molar-refractivity contribution in [3.8, 4) is 11.5 Å². The fraction of sp³-hybridized carbons (Fsp3) is 0.286. The van der Waals surface area contributed by atoms with Gasteiger partial charge in [0.05, 0.1) is 19.1 Å². The van der Waals surface area contributed by atoms with Crippen molar-refractivity contribution >= 4 is 28.9 Å². The van der Waals surface area contributed by atoms with Crippen LogP contribution < -0.4 is 14.8 Å². The summed E-state index contributed by atoms with van der Waals surface area (Å²) in [6.07, 6.45) is 1.79. The number of benzene rings is 1. The lowest BCUT2D eigenvalue weighted by Crippen LogP contribution is -2.19. The SMILES string of the molecule is CCN=C1NC(=O)/C(=C/c2ccc(OC)cc2OC)S1. The predicted molar refractivity (Wildman–Crippen MR) is 81.2 cm³/mol. The minimum Gasteiger partial charge on any atom is -0.497 e. The summed E-state index contributed by atoms with van der Waals surface area (Å²) in [5.41, 5.74) is 0.823. The van der Waals surface area contributed by atoms with Gasteiger partial charge < -0.3 is 14.8 Å². The Kier molecular flexibility index (Phi) is 4.68. The molecule has 0 radical (unpaired) electrons. The summed E-state index contributed by atoms with van der Waals surface area (Å²) < 4.78 is 10.5. The van der Waals surface area contributed by atoms with Crippen molar-refractivity contribution in [2.75, 3.05) is 20.8 Å². The third-order valence-corrected chi connectivity index (χ3v) is 3.63. The number of rotatable bonds is 4. The fourth-order valence-electron chi connectivity index (χ4n) is 1.72. The lowest BCUT2D eigenvalue weighted by Gasteiger charge is -2.07. The summed E-state index contributed by atoms with van der Waals surface area (Å²) in [4.78, 5) is 16.6. The monoisotopic (exact) mass is 292 g/mol. The summed E-state index contributed by atoms with van der Waals surface area (Å²) in [6, 6.07) is 5.46. The molecule has 20 heavy (non-hydrogen) atoms. The van der Waals surface area contributed by atoms with Gasteiger partial charge in [0.1, 0.15) is 11.5 Å². The molecule has 0 bridgehead atoms. The standard InChI is InChI=1S/C14H16N2O3S/c1-4-15-14-16-13(17)12(20-14)7-9-5-6-10(18-2)8-11(9)19-3/h5-8H,4H2,1-3H3,(H,15,16,17)/b12-7-. The molecule has 1 aliphatic heterocycles. The zero-order valence-corrected chi connectivity index (χ0v) is 12.4. The molecule has 1 aromatic rings. The molecule has 5 nitrogen and oxygen atoms in total. The Morgan fingerprint density at radius 1 is 1.35 bits per heavy atom. The molecular formula is C14H16N2O3S. The lowest BCUT2D eigenvalue weighted by atomic mass is 10.1. The smallest absolute Gasteiger partial charge is 0.264 e. The van der Waals surface area contributed by atoms with Crippen molar-refractivity contribution in [1.82, 2.24) is 5.32 Å². The van der Waals surface area contributed by atoms with Gasteiger partial charge in [0, 0.05) is 18.2 Å². The van der Waals surface area contributed by atoms with Gasteiger partial charge in [-0.15, -0.1) is 0 Å². The van der Waals surface area contributed by atoms with Crippen LogP contribution in [0.5, 0.6) is 11.5 Å². The second-order valence-electron chi connectivity index (χ2n) is 3.95. The highest BCUT2D eigenvalue weighted by Gasteiger charge is 2.23. The number of carbonyl (C=O) groups is 1. The van der Waals surface area contributed by atoms with Gasteiger partial charge in [-0.1, -0.05) is 0 Å². The first kappa shape index (κ1) is 14.5. The molecule has 0 aromatic heterocycles. The minimum absolute atomic E-state index is 0.139. The Labute approximate surface area is 122 Å².